The predicted octanol–water partition coefficient (Wildman–Crippen LogP) is 4.15. The molecule has 3 nitrogen and oxygen atoms in total. The van der Waals surface area contributed by atoms with E-state index in [9.17, 15) is 5.11 Å². The molecule has 0 spiro atoms. The first-order valence-electron chi connectivity index (χ1n) is 7.79. The van der Waals surface area contributed by atoms with Gasteiger partial charge in [-0.2, -0.15) is 0 Å². The molecule has 2 atom stereocenters. The molecule has 4 heteroatoms. The SMILES string of the molecule is COc1ccc(OC)c2c1CC[C@@H](O)[C@@H]2Sc1ccc(C)cc1. The van der Waals surface area contributed by atoms with Crippen LogP contribution in [0.5, 0.6) is 11.5 Å². The van der Waals surface area contributed by atoms with Crippen LogP contribution >= 0.6 is 11.8 Å². The highest BCUT2D eigenvalue weighted by atomic mass is 32.2. The van der Waals surface area contributed by atoms with Crippen LogP contribution in [0.25, 0.3) is 0 Å². The van der Waals surface area contributed by atoms with Gasteiger partial charge in [0.2, 0.25) is 0 Å². The van der Waals surface area contributed by atoms with E-state index in [0.717, 1.165) is 40.4 Å². The summed E-state index contributed by atoms with van der Waals surface area (Å²) in [6.45, 7) is 2.08. The zero-order valence-electron chi connectivity index (χ0n) is 13.7. The second-order valence-corrected chi connectivity index (χ2v) is 7.03. The number of benzene rings is 2. The molecule has 0 amide bonds. The highest BCUT2D eigenvalue weighted by Crippen LogP contribution is 2.49. The van der Waals surface area contributed by atoms with E-state index in [4.69, 9.17) is 9.47 Å². The summed E-state index contributed by atoms with van der Waals surface area (Å²) in [7, 11) is 3.37. The fraction of sp³-hybridized carbons (Fsp3) is 0.368. The number of aryl methyl sites for hydroxylation is 1. The van der Waals surface area contributed by atoms with Crippen LogP contribution in [0.15, 0.2) is 41.3 Å². The number of rotatable bonds is 4. The van der Waals surface area contributed by atoms with Crippen molar-refractivity contribution >= 4 is 11.8 Å². The molecule has 2 aromatic carbocycles. The van der Waals surface area contributed by atoms with Crippen molar-refractivity contribution in [1.29, 1.82) is 0 Å². The Bertz CT molecular complexity index is 682. The average molecular weight is 330 g/mol. The second kappa shape index (κ2) is 6.85. The lowest BCUT2D eigenvalue weighted by Gasteiger charge is -2.32. The smallest absolute Gasteiger partial charge is 0.123 e. The summed E-state index contributed by atoms with van der Waals surface area (Å²) in [4.78, 5) is 1.15. The minimum absolute atomic E-state index is 0.0495. The standard InChI is InChI=1S/C19H22O3S/c1-12-4-6-13(7-5-12)23-19-15(20)9-8-14-16(21-2)10-11-17(22-3)18(14)19/h4-7,10-11,15,19-20H,8-9H2,1-3H3/t15-,19+/m1/s1. The lowest BCUT2D eigenvalue weighted by atomic mass is 9.88. The molecule has 0 heterocycles. The molecular weight excluding hydrogens is 308 g/mol. The summed E-state index contributed by atoms with van der Waals surface area (Å²) in [6, 6.07) is 12.3. The molecule has 122 valence electrons. The maximum Gasteiger partial charge on any atom is 0.123 e. The van der Waals surface area contributed by atoms with E-state index in [2.05, 4.69) is 31.2 Å². The van der Waals surface area contributed by atoms with Gasteiger partial charge in [-0.15, -0.1) is 11.8 Å². The van der Waals surface area contributed by atoms with E-state index in [1.807, 2.05) is 12.1 Å². The second-order valence-electron chi connectivity index (χ2n) is 5.82. The van der Waals surface area contributed by atoms with E-state index >= 15 is 0 Å². The number of aliphatic hydroxyl groups is 1. The Balaban J connectivity index is 2.03. The van der Waals surface area contributed by atoms with Crippen LogP contribution in [0, 0.1) is 6.92 Å². The van der Waals surface area contributed by atoms with Crippen LogP contribution in [0.2, 0.25) is 0 Å². The van der Waals surface area contributed by atoms with E-state index < -0.39 is 6.10 Å². The average Bonchev–Trinajstić information content (AvgIpc) is 2.58. The molecule has 0 bridgehead atoms. The molecule has 2 aromatic rings. The maximum absolute atomic E-state index is 10.6. The Labute approximate surface area is 141 Å². The molecule has 0 unspecified atom stereocenters. The summed E-state index contributed by atoms with van der Waals surface area (Å²) in [5.74, 6) is 1.70. The van der Waals surface area contributed by atoms with Crippen LogP contribution in [0.1, 0.15) is 28.4 Å². The van der Waals surface area contributed by atoms with Crippen LogP contribution in [0.4, 0.5) is 0 Å². The van der Waals surface area contributed by atoms with Gasteiger partial charge in [-0.25, -0.2) is 0 Å². The maximum atomic E-state index is 10.6. The summed E-state index contributed by atoms with van der Waals surface area (Å²) in [6.07, 6.45) is 1.15. The van der Waals surface area contributed by atoms with Gasteiger partial charge in [0.25, 0.3) is 0 Å². The molecule has 0 aromatic heterocycles. The van der Waals surface area contributed by atoms with E-state index in [0.29, 0.717) is 0 Å². The first kappa shape index (κ1) is 16.2. The number of fused-ring (bicyclic) bond motifs is 1. The number of aliphatic hydroxyl groups excluding tert-OH is 1. The van der Waals surface area contributed by atoms with Crippen molar-refractivity contribution < 1.29 is 14.6 Å². The number of ether oxygens (including phenoxy) is 2. The third kappa shape index (κ3) is 3.19. The minimum atomic E-state index is -0.394. The van der Waals surface area contributed by atoms with Crippen molar-refractivity contribution in [2.75, 3.05) is 14.2 Å². The molecular formula is C19H22O3S. The summed E-state index contributed by atoms with van der Waals surface area (Å²) >= 11 is 1.69. The van der Waals surface area contributed by atoms with Crippen LogP contribution < -0.4 is 9.47 Å². The van der Waals surface area contributed by atoms with Crippen LogP contribution in [-0.2, 0) is 6.42 Å². The lowest BCUT2D eigenvalue weighted by Crippen LogP contribution is -2.24. The van der Waals surface area contributed by atoms with Crippen molar-refractivity contribution in [3.05, 3.63) is 53.1 Å². The quantitative estimate of drug-likeness (QED) is 0.914. The fourth-order valence-corrected chi connectivity index (χ4v) is 4.35. The van der Waals surface area contributed by atoms with Gasteiger partial charge >= 0.3 is 0 Å². The Kier molecular flexibility index (Phi) is 4.83. The van der Waals surface area contributed by atoms with Crippen molar-refractivity contribution in [1.82, 2.24) is 0 Å². The summed E-state index contributed by atoms with van der Waals surface area (Å²) in [5, 5.41) is 10.5. The van der Waals surface area contributed by atoms with Crippen molar-refractivity contribution in [3.63, 3.8) is 0 Å². The largest absolute Gasteiger partial charge is 0.496 e. The lowest BCUT2D eigenvalue weighted by molar-refractivity contribution is 0.153. The van der Waals surface area contributed by atoms with Gasteiger partial charge in [0.1, 0.15) is 11.5 Å². The van der Waals surface area contributed by atoms with Gasteiger partial charge in [0.05, 0.1) is 25.6 Å². The molecule has 0 saturated carbocycles. The van der Waals surface area contributed by atoms with E-state index in [-0.39, 0.29) is 5.25 Å². The van der Waals surface area contributed by atoms with Crippen LogP contribution in [-0.4, -0.2) is 25.4 Å². The van der Waals surface area contributed by atoms with Gasteiger partial charge in [0.15, 0.2) is 0 Å². The monoisotopic (exact) mass is 330 g/mol. The zero-order valence-corrected chi connectivity index (χ0v) is 14.5. The Hall–Kier alpha value is -1.65. The first-order chi connectivity index (χ1) is 11.1. The van der Waals surface area contributed by atoms with E-state index in [1.54, 1.807) is 26.0 Å². The third-order valence-corrected chi connectivity index (χ3v) is 5.67. The molecule has 1 aliphatic carbocycles. The topological polar surface area (TPSA) is 38.7 Å². The summed E-state index contributed by atoms with van der Waals surface area (Å²) in [5.41, 5.74) is 3.45. The minimum Gasteiger partial charge on any atom is -0.496 e. The Morgan fingerprint density at radius 1 is 1.00 bits per heavy atom. The van der Waals surface area contributed by atoms with Gasteiger partial charge in [-0.1, -0.05) is 17.7 Å². The molecule has 0 aliphatic heterocycles. The first-order valence-corrected chi connectivity index (χ1v) is 8.67. The zero-order chi connectivity index (χ0) is 16.4. The summed E-state index contributed by atoms with van der Waals surface area (Å²) < 4.78 is 11.1. The Morgan fingerprint density at radius 3 is 2.30 bits per heavy atom. The van der Waals surface area contributed by atoms with Gasteiger partial charge in [-0.05, 0) is 44.0 Å². The normalized spacial score (nSPS) is 20.0. The molecule has 0 fully saturated rings. The van der Waals surface area contributed by atoms with Crippen molar-refractivity contribution in [2.24, 2.45) is 0 Å². The highest BCUT2D eigenvalue weighted by Gasteiger charge is 2.33. The van der Waals surface area contributed by atoms with Crippen molar-refractivity contribution in [2.45, 2.75) is 36.0 Å². The third-order valence-electron chi connectivity index (χ3n) is 4.32. The number of methoxy groups -OCH3 is 2. The molecule has 3 rings (SSSR count). The molecule has 1 aliphatic rings. The number of hydrogen-bond donors (Lipinski definition) is 1. The highest BCUT2D eigenvalue weighted by molar-refractivity contribution is 7.99. The van der Waals surface area contributed by atoms with E-state index in [1.165, 1.54) is 5.56 Å². The number of hydrogen-bond acceptors (Lipinski definition) is 4. The molecule has 23 heavy (non-hydrogen) atoms. The van der Waals surface area contributed by atoms with Crippen molar-refractivity contribution in [3.8, 4) is 11.5 Å². The number of thioether (sulfide) groups is 1. The predicted molar refractivity (Wildman–Crippen MR) is 93.7 cm³/mol. The van der Waals surface area contributed by atoms with Gasteiger partial charge < -0.3 is 14.6 Å². The molecule has 0 radical (unpaired) electrons. The molecule has 0 saturated heterocycles. The van der Waals surface area contributed by atoms with Gasteiger partial charge in [0, 0.05) is 16.0 Å². The fourth-order valence-electron chi connectivity index (χ4n) is 3.10. The molecule has 1 N–H and O–H groups in total. The Morgan fingerprint density at radius 2 is 1.65 bits per heavy atom. The van der Waals surface area contributed by atoms with Gasteiger partial charge in [-0.3, -0.25) is 0 Å². The van der Waals surface area contributed by atoms with Crippen LogP contribution in [0.3, 0.4) is 0 Å².